The monoisotopic (exact) mass is 349 g/mol. The average molecular weight is 349 g/mol. The Morgan fingerprint density at radius 1 is 1.25 bits per heavy atom. The van der Waals surface area contributed by atoms with Crippen LogP contribution in [0.2, 0.25) is 0 Å². The fraction of sp³-hybridized carbons (Fsp3) is 0.625. The highest BCUT2D eigenvalue weighted by molar-refractivity contribution is 7.13. The number of hydrogen-bond donors (Lipinski definition) is 2. The Balaban J connectivity index is 1.68. The molecule has 0 aliphatic heterocycles. The molecule has 1 aliphatic carbocycles. The van der Waals surface area contributed by atoms with Gasteiger partial charge >= 0.3 is 0 Å². The third kappa shape index (κ3) is 3.99. The number of nitrogens with zero attached hydrogens (tertiary/aromatic N) is 3. The van der Waals surface area contributed by atoms with Crippen molar-refractivity contribution in [2.45, 2.75) is 57.9 Å². The van der Waals surface area contributed by atoms with Crippen LogP contribution in [-0.2, 0) is 10.3 Å². The zero-order valence-corrected chi connectivity index (χ0v) is 14.9. The van der Waals surface area contributed by atoms with Crippen molar-refractivity contribution in [3.8, 4) is 0 Å². The summed E-state index contributed by atoms with van der Waals surface area (Å²) in [5, 5.41) is 12.9. The lowest BCUT2D eigenvalue weighted by Crippen LogP contribution is -2.46. The first kappa shape index (κ1) is 17.0. The van der Waals surface area contributed by atoms with Crippen LogP contribution in [0.3, 0.4) is 0 Å². The van der Waals surface area contributed by atoms with Gasteiger partial charge in [-0.1, -0.05) is 30.8 Å². The highest BCUT2D eigenvalue weighted by atomic mass is 32.1. The van der Waals surface area contributed by atoms with Crippen molar-refractivity contribution in [2.24, 2.45) is 0 Å². The number of carbonyl (C=O) groups excluding carboxylic acids is 1. The number of anilines is 1. The fourth-order valence-corrected chi connectivity index (χ4v) is 3.83. The molecule has 2 aromatic heterocycles. The normalized spacial score (nSPS) is 17.4. The van der Waals surface area contributed by atoms with E-state index in [-0.39, 0.29) is 18.0 Å². The highest BCUT2D eigenvalue weighted by Crippen LogP contribution is 2.34. The molecule has 1 aliphatic rings. The van der Waals surface area contributed by atoms with Crippen LogP contribution in [0.25, 0.3) is 0 Å². The largest absolute Gasteiger partial charge is 0.340 e. The number of amides is 1. The van der Waals surface area contributed by atoms with E-state index in [0.717, 1.165) is 31.4 Å². The molecule has 0 atom stereocenters. The number of thiazole rings is 1. The van der Waals surface area contributed by atoms with E-state index in [0.29, 0.717) is 16.8 Å². The van der Waals surface area contributed by atoms with E-state index in [1.807, 2.05) is 12.3 Å². The Morgan fingerprint density at radius 3 is 2.58 bits per heavy atom. The summed E-state index contributed by atoms with van der Waals surface area (Å²) in [6.45, 7) is 3.90. The van der Waals surface area contributed by atoms with Crippen LogP contribution in [0.4, 0.5) is 5.13 Å². The fourth-order valence-electron chi connectivity index (χ4n) is 3.13. The molecule has 1 fully saturated rings. The quantitative estimate of drug-likeness (QED) is 0.806. The van der Waals surface area contributed by atoms with Gasteiger partial charge < -0.3 is 9.84 Å². The first-order valence-corrected chi connectivity index (χ1v) is 9.23. The minimum atomic E-state index is -0.385. The van der Waals surface area contributed by atoms with Crippen molar-refractivity contribution in [1.29, 1.82) is 0 Å². The van der Waals surface area contributed by atoms with E-state index < -0.39 is 0 Å². The lowest BCUT2D eigenvalue weighted by molar-refractivity contribution is -0.115. The van der Waals surface area contributed by atoms with Gasteiger partial charge in [-0.25, -0.2) is 4.98 Å². The van der Waals surface area contributed by atoms with Gasteiger partial charge in [0, 0.05) is 12.3 Å². The lowest BCUT2D eigenvalue weighted by atomic mass is 9.89. The Morgan fingerprint density at radius 2 is 2.00 bits per heavy atom. The standard InChI is InChI=1S/C16H23N5O2S/c1-11-10-24-15(18-11)20-13(22)9-17-16(7-5-3-4-6-8-16)14-19-12(2)23-21-14/h10,17H,3-9H2,1-2H3,(H,18,20,22). The molecule has 0 bridgehead atoms. The van der Waals surface area contributed by atoms with Gasteiger partial charge in [-0.2, -0.15) is 4.98 Å². The molecule has 2 aromatic rings. The number of carbonyl (C=O) groups is 1. The molecule has 1 saturated carbocycles. The molecule has 24 heavy (non-hydrogen) atoms. The van der Waals surface area contributed by atoms with Gasteiger partial charge in [0.25, 0.3) is 0 Å². The van der Waals surface area contributed by atoms with E-state index in [4.69, 9.17) is 4.52 Å². The summed E-state index contributed by atoms with van der Waals surface area (Å²) in [4.78, 5) is 20.9. The zero-order chi connectivity index (χ0) is 17.0. The Hall–Kier alpha value is -1.80. The van der Waals surface area contributed by atoms with Gasteiger partial charge in [-0.3, -0.25) is 10.1 Å². The molecule has 0 radical (unpaired) electrons. The van der Waals surface area contributed by atoms with Crippen molar-refractivity contribution in [3.05, 3.63) is 22.8 Å². The van der Waals surface area contributed by atoms with Crippen LogP contribution in [-0.4, -0.2) is 27.6 Å². The van der Waals surface area contributed by atoms with Crippen LogP contribution in [0.15, 0.2) is 9.90 Å². The van der Waals surface area contributed by atoms with E-state index >= 15 is 0 Å². The van der Waals surface area contributed by atoms with E-state index in [2.05, 4.69) is 25.8 Å². The summed E-state index contributed by atoms with van der Waals surface area (Å²) in [6, 6.07) is 0. The molecule has 0 aromatic carbocycles. The summed E-state index contributed by atoms with van der Waals surface area (Å²) >= 11 is 1.43. The molecule has 8 heteroatoms. The molecular formula is C16H23N5O2S. The minimum absolute atomic E-state index is 0.104. The van der Waals surface area contributed by atoms with Gasteiger partial charge in [0.2, 0.25) is 11.8 Å². The molecule has 0 unspecified atom stereocenters. The van der Waals surface area contributed by atoms with Gasteiger partial charge in [0.1, 0.15) is 0 Å². The summed E-state index contributed by atoms with van der Waals surface area (Å²) < 4.78 is 5.18. The van der Waals surface area contributed by atoms with Gasteiger partial charge in [0.05, 0.1) is 17.8 Å². The van der Waals surface area contributed by atoms with Crippen molar-refractivity contribution in [1.82, 2.24) is 20.4 Å². The topological polar surface area (TPSA) is 92.9 Å². The summed E-state index contributed by atoms with van der Waals surface area (Å²) in [6.07, 6.45) is 6.41. The van der Waals surface area contributed by atoms with Crippen molar-refractivity contribution in [2.75, 3.05) is 11.9 Å². The molecule has 130 valence electrons. The Kier molecular flexibility index (Phi) is 5.25. The summed E-state index contributed by atoms with van der Waals surface area (Å²) in [7, 11) is 0. The molecule has 2 N–H and O–H groups in total. The average Bonchev–Trinajstić information content (AvgIpc) is 3.08. The maximum atomic E-state index is 12.3. The first-order valence-electron chi connectivity index (χ1n) is 8.35. The molecule has 0 saturated heterocycles. The second kappa shape index (κ2) is 7.40. The summed E-state index contributed by atoms with van der Waals surface area (Å²) in [5.74, 6) is 1.12. The minimum Gasteiger partial charge on any atom is -0.340 e. The van der Waals surface area contributed by atoms with E-state index in [1.54, 1.807) is 6.92 Å². The Labute approximate surface area is 145 Å². The van der Waals surface area contributed by atoms with Crippen molar-refractivity contribution in [3.63, 3.8) is 0 Å². The maximum absolute atomic E-state index is 12.3. The lowest BCUT2D eigenvalue weighted by Gasteiger charge is -2.30. The summed E-state index contributed by atoms with van der Waals surface area (Å²) in [5.41, 5.74) is 0.524. The van der Waals surface area contributed by atoms with Gasteiger partial charge in [-0.05, 0) is 19.8 Å². The molecule has 2 heterocycles. The molecule has 3 rings (SSSR count). The third-order valence-electron chi connectivity index (χ3n) is 4.37. The second-order valence-electron chi connectivity index (χ2n) is 6.33. The Bertz CT molecular complexity index is 688. The van der Waals surface area contributed by atoms with Crippen LogP contribution >= 0.6 is 11.3 Å². The third-order valence-corrected chi connectivity index (χ3v) is 5.24. The van der Waals surface area contributed by atoms with Crippen LogP contribution in [0.5, 0.6) is 0 Å². The zero-order valence-electron chi connectivity index (χ0n) is 14.1. The van der Waals surface area contributed by atoms with Crippen molar-refractivity contribution < 1.29 is 9.32 Å². The highest BCUT2D eigenvalue weighted by Gasteiger charge is 2.37. The SMILES string of the molecule is Cc1csc(NC(=O)CNC2(c3noc(C)n3)CCCCCC2)n1. The van der Waals surface area contributed by atoms with E-state index in [9.17, 15) is 4.79 Å². The second-order valence-corrected chi connectivity index (χ2v) is 7.19. The van der Waals surface area contributed by atoms with Crippen LogP contribution in [0.1, 0.15) is 55.9 Å². The number of hydrogen-bond acceptors (Lipinski definition) is 7. The number of aromatic nitrogens is 3. The van der Waals surface area contributed by atoms with Gasteiger partial charge in [-0.15, -0.1) is 11.3 Å². The predicted molar refractivity (Wildman–Crippen MR) is 91.9 cm³/mol. The number of nitrogens with one attached hydrogen (secondary N) is 2. The van der Waals surface area contributed by atoms with E-state index in [1.165, 1.54) is 24.2 Å². The van der Waals surface area contributed by atoms with Gasteiger partial charge in [0.15, 0.2) is 11.0 Å². The van der Waals surface area contributed by atoms with Crippen LogP contribution in [0, 0.1) is 13.8 Å². The maximum Gasteiger partial charge on any atom is 0.240 e. The molecular weight excluding hydrogens is 326 g/mol. The first-order chi connectivity index (χ1) is 11.6. The molecule has 7 nitrogen and oxygen atoms in total. The van der Waals surface area contributed by atoms with Crippen LogP contribution < -0.4 is 10.6 Å². The smallest absolute Gasteiger partial charge is 0.240 e. The predicted octanol–water partition coefficient (Wildman–Crippen LogP) is 2.92. The number of aryl methyl sites for hydroxylation is 2. The van der Waals surface area contributed by atoms with Crippen molar-refractivity contribution >= 4 is 22.4 Å². The number of rotatable bonds is 5. The molecule has 0 spiro atoms. The molecule has 1 amide bonds.